The third-order valence-corrected chi connectivity index (χ3v) is 3.57. The molecule has 0 aliphatic rings. The second-order valence-electron chi connectivity index (χ2n) is 4.91. The summed E-state index contributed by atoms with van der Waals surface area (Å²) in [6, 6.07) is 13.1. The van der Waals surface area contributed by atoms with Gasteiger partial charge in [0.25, 0.3) is 0 Å². The Balaban J connectivity index is 1.79. The molecule has 0 fully saturated rings. The van der Waals surface area contributed by atoms with Gasteiger partial charge < -0.3 is 10.6 Å². The van der Waals surface area contributed by atoms with Crippen LogP contribution in [0.15, 0.2) is 48.7 Å². The number of halogens is 2. The highest BCUT2D eigenvalue weighted by atomic mass is 35.5. The van der Waals surface area contributed by atoms with Gasteiger partial charge in [0, 0.05) is 10.7 Å². The number of aryl methyl sites for hydroxylation is 1. The Morgan fingerprint density at radius 1 is 1.00 bits per heavy atom. The molecule has 2 N–H and O–H groups in total. The molecule has 0 saturated carbocycles. The van der Waals surface area contributed by atoms with Crippen molar-refractivity contribution in [2.75, 3.05) is 10.6 Å². The van der Waals surface area contributed by atoms with Crippen molar-refractivity contribution >= 4 is 46.3 Å². The van der Waals surface area contributed by atoms with Gasteiger partial charge in [0.1, 0.15) is 0 Å². The van der Waals surface area contributed by atoms with Gasteiger partial charge in [0.05, 0.1) is 16.9 Å². The quantitative estimate of drug-likeness (QED) is 0.698. The fourth-order valence-corrected chi connectivity index (χ4v) is 2.45. The zero-order chi connectivity index (χ0) is 16.2. The number of benzene rings is 2. The summed E-state index contributed by atoms with van der Waals surface area (Å²) in [5.41, 5.74) is 2.75. The maximum Gasteiger partial charge on any atom is 0.249 e. The van der Waals surface area contributed by atoms with Crippen LogP contribution in [-0.4, -0.2) is 15.2 Å². The van der Waals surface area contributed by atoms with E-state index in [0.29, 0.717) is 27.5 Å². The standard InChI is InChI=1S/C16H13Cl2N5/c1-10-3-2-4-12(7-10)20-15-9-19-23-16(22-15)21-14-6-5-11(17)8-13(14)18/h2-9H,1H3,(H2,20,21,22,23). The van der Waals surface area contributed by atoms with Crippen LogP contribution in [0.3, 0.4) is 0 Å². The van der Waals surface area contributed by atoms with Crippen molar-refractivity contribution in [2.24, 2.45) is 0 Å². The molecule has 0 unspecified atom stereocenters. The molecular formula is C16H13Cl2N5. The first kappa shape index (κ1) is 15.5. The molecule has 2 aromatic carbocycles. The van der Waals surface area contributed by atoms with Crippen molar-refractivity contribution < 1.29 is 0 Å². The van der Waals surface area contributed by atoms with E-state index >= 15 is 0 Å². The van der Waals surface area contributed by atoms with Crippen LogP contribution >= 0.6 is 23.2 Å². The second-order valence-corrected chi connectivity index (χ2v) is 5.75. The maximum absolute atomic E-state index is 6.13. The molecule has 0 aliphatic carbocycles. The van der Waals surface area contributed by atoms with Gasteiger partial charge in [-0.2, -0.15) is 10.1 Å². The zero-order valence-electron chi connectivity index (χ0n) is 12.2. The molecule has 0 radical (unpaired) electrons. The molecule has 23 heavy (non-hydrogen) atoms. The van der Waals surface area contributed by atoms with Gasteiger partial charge >= 0.3 is 0 Å². The fourth-order valence-electron chi connectivity index (χ4n) is 2.00. The van der Waals surface area contributed by atoms with Crippen molar-refractivity contribution in [3.63, 3.8) is 0 Å². The van der Waals surface area contributed by atoms with E-state index in [9.17, 15) is 0 Å². The highest BCUT2D eigenvalue weighted by Crippen LogP contribution is 2.27. The van der Waals surface area contributed by atoms with Gasteiger partial charge in [0.2, 0.25) is 5.95 Å². The highest BCUT2D eigenvalue weighted by molar-refractivity contribution is 6.36. The molecule has 5 nitrogen and oxygen atoms in total. The van der Waals surface area contributed by atoms with Crippen LogP contribution in [0.1, 0.15) is 5.56 Å². The summed E-state index contributed by atoms with van der Waals surface area (Å²) in [7, 11) is 0. The number of aromatic nitrogens is 3. The van der Waals surface area contributed by atoms with Crippen molar-refractivity contribution in [2.45, 2.75) is 6.92 Å². The van der Waals surface area contributed by atoms with Gasteiger partial charge in [-0.25, -0.2) is 0 Å². The Labute approximate surface area is 143 Å². The van der Waals surface area contributed by atoms with E-state index < -0.39 is 0 Å². The first-order valence-corrected chi connectivity index (χ1v) is 7.61. The first-order chi connectivity index (χ1) is 11.1. The van der Waals surface area contributed by atoms with E-state index in [0.717, 1.165) is 11.3 Å². The summed E-state index contributed by atoms with van der Waals surface area (Å²) in [4.78, 5) is 4.37. The van der Waals surface area contributed by atoms with Crippen molar-refractivity contribution in [1.29, 1.82) is 0 Å². The first-order valence-electron chi connectivity index (χ1n) is 6.86. The lowest BCUT2D eigenvalue weighted by molar-refractivity contribution is 0.982. The average molecular weight is 346 g/mol. The minimum Gasteiger partial charge on any atom is -0.339 e. The zero-order valence-corrected chi connectivity index (χ0v) is 13.7. The van der Waals surface area contributed by atoms with Crippen LogP contribution in [0.5, 0.6) is 0 Å². The van der Waals surface area contributed by atoms with Gasteiger partial charge in [-0.3, -0.25) is 0 Å². The van der Waals surface area contributed by atoms with Crippen LogP contribution in [0, 0.1) is 6.92 Å². The van der Waals surface area contributed by atoms with Crippen LogP contribution < -0.4 is 10.6 Å². The number of nitrogens with one attached hydrogen (secondary N) is 2. The number of hydrogen-bond donors (Lipinski definition) is 2. The Kier molecular flexibility index (Phi) is 4.60. The summed E-state index contributed by atoms with van der Waals surface area (Å²) in [5, 5.41) is 15.2. The van der Waals surface area contributed by atoms with Gasteiger partial charge in [0.15, 0.2) is 5.82 Å². The lowest BCUT2D eigenvalue weighted by Gasteiger charge is -2.09. The van der Waals surface area contributed by atoms with E-state index in [-0.39, 0.29) is 0 Å². The predicted molar refractivity (Wildman–Crippen MR) is 94.0 cm³/mol. The maximum atomic E-state index is 6.13. The smallest absolute Gasteiger partial charge is 0.249 e. The van der Waals surface area contributed by atoms with E-state index in [1.165, 1.54) is 0 Å². The topological polar surface area (TPSA) is 62.7 Å². The molecule has 0 bridgehead atoms. The number of rotatable bonds is 4. The Morgan fingerprint density at radius 3 is 2.65 bits per heavy atom. The molecule has 7 heteroatoms. The molecule has 0 spiro atoms. The van der Waals surface area contributed by atoms with E-state index in [2.05, 4.69) is 25.8 Å². The Morgan fingerprint density at radius 2 is 1.87 bits per heavy atom. The van der Waals surface area contributed by atoms with E-state index in [1.807, 2.05) is 31.2 Å². The lowest BCUT2D eigenvalue weighted by Crippen LogP contribution is -2.02. The largest absolute Gasteiger partial charge is 0.339 e. The van der Waals surface area contributed by atoms with Crippen LogP contribution in [0.4, 0.5) is 23.1 Å². The molecule has 116 valence electrons. The third-order valence-electron chi connectivity index (χ3n) is 3.03. The van der Waals surface area contributed by atoms with Gasteiger partial charge in [-0.15, -0.1) is 5.10 Å². The van der Waals surface area contributed by atoms with E-state index in [4.69, 9.17) is 23.2 Å². The number of nitrogens with zero attached hydrogens (tertiary/aromatic N) is 3. The molecule has 0 aliphatic heterocycles. The molecule has 1 heterocycles. The van der Waals surface area contributed by atoms with Crippen LogP contribution in [0.25, 0.3) is 0 Å². The monoisotopic (exact) mass is 345 g/mol. The summed E-state index contributed by atoms with van der Waals surface area (Å²) >= 11 is 12.0. The Hall–Kier alpha value is -2.37. The fraction of sp³-hybridized carbons (Fsp3) is 0.0625. The molecular weight excluding hydrogens is 333 g/mol. The third kappa shape index (κ3) is 4.09. The molecule has 1 aromatic heterocycles. The average Bonchev–Trinajstić information content (AvgIpc) is 2.51. The summed E-state index contributed by atoms with van der Waals surface area (Å²) in [6.45, 7) is 2.03. The SMILES string of the molecule is Cc1cccc(Nc2cnnc(Nc3ccc(Cl)cc3Cl)n2)c1. The Bertz CT molecular complexity index is 838. The van der Waals surface area contributed by atoms with Crippen LogP contribution in [0.2, 0.25) is 10.0 Å². The van der Waals surface area contributed by atoms with Crippen molar-refractivity contribution in [3.05, 3.63) is 64.3 Å². The summed E-state index contributed by atoms with van der Waals surface area (Å²) in [5.74, 6) is 0.921. The van der Waals surface area contributed by atoms with Crippen molar-refractivity contribution in [1.82, 2.24) is 15.2 Å². The summed E-state index contributed by atoms with van der Waals surface area (Å²) in [6.07, 6.45) is 1.55. The van der Waals surface area contributed by atoms with Crippen LogP contribution in [-0.2, 0) is 0 Å². The van der Waals surface area contributed by atoms with Gasteiger partial charge in [-0.1, -0.05) is 35.3 Å². The predicted octanol–water partition coefficient (Wildman–Crippen LogP) is 4.97. The lowest BCUT2D eigenvalue weighted by atomic mass is 10.2. The summed E-state index contributed by atoms with van der Waals surface area (Å²) < 4.78 is 0. The minimum absolute atomic E-state index is 0.340. The normalized spacial score (nSPS) is 10.4. The van der Waals surface area contributed by atoms with E-state index in [1.54, 1.807) is 24.4 Å². The highest BCUT2D eigenvalue weighted by Gasteiger charge is 2.05. The molecule has 0 amide bonds. The minimum atomic E-state index is 0.340. The van der Waals surface area contributed by atoms with Gasteiger partial charge in [-0.05, 0) is 42.8 Å². The molecule has 3 aromatic rings. The second kappa shape index (κ2) is 6.81. The number of hydrogen-bond acceptors (Lipinski definition) is 5. The van der Waals surface area contributed by atoms with Crippen molar-refractivity contribution in [3.8, 4) is 0 Å². The molecule has 0 saturated heterocycles. The molecule has 0 atom stereocenters. The molecule has 3 rings (SSSR count). The number of anilines is 4.